The van der Waals surface area contributed by atoms with E-state index in [2.05, 4.69) is 26.0 Å². The van der Waals surface area contributed by atoms with Crippen LogP contribution in [0.5, 0.6) is 0 Å². The summed E-state index contributed by atoms with van der Waals surface area (Å²) in [6.45, 7) is 0.477. The second kappa shape index (κ2) is 7.11. The molecule has 0 saturated carbocycles. The zero-order valence-electron chi connectivity index (χ0n) is 13.4. The van der Waals surface area contributed by atoms with Gasteiger partial charge in [0.05, 0.1) is 10.3 Å². The summed E-state index contributed by atoms with van der Waals surface area (Å²) in [6.07, 6.45) is 1.04. The van der Waals surface area contributed by atoms with Crippen LogP contribution in [0.4, 0.5) is 5.69 Å². The topological polar surface area (TPSA) is 129 Å². The van der Waals surface area contributed by atoms with Crippen molar-refractivity contribution in [2.45, 2.75) is 12.8 Å². The summed E-state index contributed by atoms with van der Waals surface area (Å²) in [5, 5.41) is 15.3. The number of benzene rings is 2. The van der Waals surface area contributed by atoms with Gasteiger partial charge in [0.2, 0.25) is 0 Å². The first-order valence-corrected chi connectivity index (χ1v) is 8.53. The minimum Gasteiger partial charge on any atom is -0.274 e. The first kappa shape index (κ1) is 17.8. The van der Waals surface area contributed by atoms with Gasteiger partial charge in [0.15, 0.2) is 0 Å². The van der Waals surface area contributed by atoms with Crippen LogP contribution < -0.4 is 0 Å². The van der Waals surface area contributed by atoms with Crippen molar-refractivity contribution >= 4 is 44.2 Å². The monoisotopic (exact) mass is 417 g/mol. The Morgan fingerprint density at radius 2 is 1.77 bits per heavy atom. The van der Waals surface area contributed by atoms with E-state index in [9.17, 15) is 19.7 Å². The molecule has 2 aromatic carbocycles. The van der Waals surface area contributed by atoms with E-state index in [-0.39, 0.29) is 35.3 Å². The van der Waals surface area contributed by atoms with E-state index < -0.39 is 16.7 Å². The van der Waals surface area contributed by atoms with Crippen molar-refractivity contribution in [3.05, 3.63) is 60.4 Å². The number of nitrogens with zero attached hydrogens (tertiary/aromatic N) is 5. The number of rotatable bonds is 6. The fraction of sp³-hybridized carbons (Fsp3) is 0.250. The Bertz CT molecular complexity index is 978. The highest BCUT2D eigenvalue weighted by Crippen LogP contribution is 2.39. The third-order valence-corrected chi connectivity index (χ3v) is 4.85. The third-order valence-electron chi connectivity index (χ3n) is 4.19. The van der Waals surface area contributed by atoms with E-state index in [1.807, 2.05) is 0 Å². The van der Waals surface area contributed by atoms with Crippen LogP contribution in [0.1, 0.15) is 33.6 Å². The molecule has 26 heavy (non-hydrogen) atoms. The Morgan fingerprint density at radius 3 is 2.38 bits per heavy atom. The van der Waals surface area contributed by atoms with Crippen LogP contribution in [-0.2, 0) is 0 Å². The maximum Gasteiger partial charge on any atom is 0.278 e. The number of amides is 2. The number of azide groups is 1. The van der Waals surface area contributed by atoms with Crippen molar-refractivity contribution < 1.29 is 14.5 Å². The van der Waals surface area contributed by atoms with E-state index in [1.54, 1.807) is 12.1 Å². The summed E-state index contributed by atoms with van der Waals surface area (Å²) in [5.74, 6) is -0.964. The molecule has 0 radical (unpaired) electrons. The van der Waals surface area contributed by atoms with Gasteiger partial charge in [-0.25, -0.2) is 0 Å². The summed E-state index contributed by atoms with van der Waals surface area (Å²) in [7, 11) is 0. The van der Waals surface area contributed by atoms with Crippen molar-refractivity contribution in [2.75, 3.05) is 13.1 Å². The number of carbonyl (C=O) groups excluding carboxylic acids is 2. The van der Waals surface area contributed by atoms with Crippen LogP contribution >= 0.6 is 15.9 Å². The molecule has 0 spiro atoms. The third kappa shape index (κ3) is 2.89. The summed E-state index contributed by atoms with van der Waals surface area (Å²) < 4.78 is 0.452. The van der Waals surface area contributed by atoms with Crippen LogP contribution in [0.2, 0.25) is 0 Å². The van der Waals surface area contributed by atoms with Crippen molar-refractivity contribution in [1.29, 1.82) is 0 Å². The molecule has 132 valence electrons. The molecule has 0 saturated heterocycles. The molecule has 0 atom stereocenters. The molecule has 0 unspecified atom stereocenters. The van der Waals surface area contributed by atoms with E-state index in [4.69, 9.17) is 5.53 Å². The lowest BCUT2D eigenvalue weighted by molar-refractivity contribution is -0.383. The van der Waals surface area contributed by atoms with Crippen molar-refractivity contribution in [1.82, 2.24) is 4.90 Å². The normalized spacial score (nSPS) is 13.0. The number of carbonyl (C=O) groups is 2. The zero-order valence-corrected chi connectivity index (χ0v) is 15.0. The molecular formula is C16H12BrN5O4. The average Bonchev–Trinajstić information content (AvgIpc) is 2.62. The van der Waals surface area contributed by atoms with Crippen LogP contribution in [0.3, 0.4) is 0 Å². The lowest BCUT2D eigenvalue weighted by Gasteiger charge is -2.27. The Morgan fingerprint density at radius 1 is 1.12 bits per heavy atom. The number of halogens is 1. The standard InChI is InChI=1S/C16H12BrN5O4/c17-11-5-3-9-13-10(4-6-12(14(11)13)22(25)26)16(24)21(15(9)23)8-2-1-7-19-20-18/h3-6H,1-2,7-8H2. The molecule has 9 nitrogen and oxygen atoms in total. The second-order valence-corrected chi connectivity index (χ2v) is 6.51. The summed E-state index contributed by atoms with van der Waals surface area (Å²) >= 11 is 3.28. The number of hydrogen-bond donors (Lipinski definition) is 0. The summed E-state index contributed by atoms with van der Waals surface area (Å²) in [6, 6.07) is 5.79. The number of nitro groups is 1. The van der Waals surface area contributed by atoms with Crippen LogP contribution in [0.25, 0.3) is 21.2 Å². The fourth-order valence-electron chi connectivity index (χ4n) is 3.03. The van der Waals surface area contributed by atoms with Gasteiger partial charge in [0.1, 0.15) is 0 Å². The van der Waals surface area contributed by atoms with Gasteiger partial charge in [0.25, 0.3) is 17.5 Å². The van der Waals surface area contributed by atoms with Crippen molar-refractivity contribution in [3.63, 3.8) is 0 Å². The number of non-ortho nitro benzene ring substituents is 1. The van der Waals surface area contributed by atoms with Gasteiger partial charge in [-0.15, -0.1) is 0 Å². The Hall–Kier alpha value is -2.97. The summed E-state index contributed by atoms with van der Waals surface area (Å²) in [5.41, 5.74) is 8.62. The van der Waals surface area contributed by atoms with Gasteiger partial charge in [-0.1, -0.05) is 5.11 Å². The van der Waals surface area contributed by atoms with Crippen molar-refractivity contribution in [2.24, 2.45) is 5.11 Å². The smallest absolute Gasteiger partial charge is 0.274 e. The molecule has 10 heteroatoms. The largest absolute Gasteiger partial charge is 0.278 e. The number of imide groups is 1. The van der Waals surface area contributed by atoms with Crippen molar-refractivity contribution in [3.8, 4) is 0 Å². The first-order chi connectivity index (χ1) is 12.5. The Labute approximate surface area is 155 Å². The summed E-state index contributed by atoms with van der Waals surface area (Å²) in [4.78, 5) is 40.1. The van der Waals surface area contributed by atoms with Gasteiger partial charge < -0.3 is 0 Å². The van der Waals surface area contributed by atoms with Crippen LogP contribution in [0, 0.1) is 10.1 Å². The molecule has 0 bridgehead atoms. The molecule has 1 aliphatic rings. The van der Waals surface area contributed by atoms with E-state index in [1.165, 1.54) is 12.1 Å². The van der Waals surface area contributed by atoms with E-state index in [0.717, 1.165) is 4.90 Å². The van der Waals surface area contributed by atoms with Gasteiger partial charge in [-0.3, -0.25) is 24.6 Å². The van der Waals surface area contributed by atoms with Crippen LogP contribution in [-0.4, -0.2) is 34.7 Å². The van der Waals surface area contributed by atoms with Crippen LogP contribution in [0.15, 0.2) is 33.9 Å². The number of nitro benzene ring substituents is 1. The highest BCUT2D eigenvalue weighted by Gasteiger charge is 2.35. The quantitative estimate of drug-likeness (QED) is 0.132. The SMILES string of the molecule is [N-]=[N+]=NCCCCN1C(=O)c2ccc(Br)c3c([N+](=O)[O-])ccc(c23)C1=O. The van der Waals surface area contributed by atoms with Gasteiger partial charge >= 0.3 is 0 Å². The molecule has 2 amide bonds. The van der Waals surface area contributed by atoms with E-state index >= 15 is 0 Å². The molecule has 1 aliphatic heterocycles. The maximum absolute atomic E-state index is 12.8. The molecule has 0 fully saturated rings. The first-order valence-electron chi connectivity index (χ1n) is 7.74. The van der Waals surface area contributed by atoms with E-state index in [0.29, 0.717) is 22.7 Å². The molecular weight excluding hydrogens is 406 g/mol. The van der Waals surface area contributed by atoms with Gasteiger partial charge in [-0.2, -0.15) is 0 Å². The Kier molecular flexibility index (Phi) is 4.88. The molecule has 0 aromatic heterocycles. The highest BCUT2D eigenvalue weighted by molar-refractivity contribution is 9.10. The van der Waals surface area contributed by atoms with Gasteiger partial charge in [-0.05, 0) is 52.5 Å². The lowest BCUT2D eigenvalue weighted by atomic mass is 9.93. The maximum atomic E-state index is 12.8. The molecule has 1 heterocycles. The zero-order chi connectivity index (χ0) is 18.8. The minimum absolute atomic E-state index is 0.166. The molecule has 3 rings (SSSR count). The van der Waals surface area contributed by atoms with Gasteiger partial charge in [0, 0.05) is 45.1 Å². The molecule has 2 aromatic rings. The minimum atomic E-state index is -0.537. The fourth-order valence-corrected chi connectivity index (χ4v) is 3.56. The predicted octanol–water partition coefficient (Wildman–Crippen LogP) is 4.20. The Balaban J connectivity index is 2.04. The lowest BCUT2D eigenvalue weighted by Crippen LogP contribution is -2.41. The second-order valence-electron chi connectivity index (χ2n) is 5.66. The highest BCUT2D eigenvalue weighted by atomic mass is 79.9. The average molecular weight is 418 g/mol. The molecule has 0 aliphatic carbocycles. The number of unbranched alkanes of at least 4 members (excludes halogenated alkanes) is 1. The predicted molar refractivity (Wildman–Crippen MR) is 96.9 cm³/mol. The number of hydrogen-bond acceptors (Lipinski definition) is 5. The molecule has 0 N–H and O–H groups in total.